The van der Waals surface area contributed by atoms with E-state index in [-0.39, 0.29) is 5.91 Å². The molecule has 0 aliphatic carbocycles. The van der Waals surface area contributed by atoms with E-state index in [1.54, 1.807) is 7.11 Å². The van der Waals surface area contributed by atoms with Gasteiger partial charge in [-0.15, -0.1) is 0 Å². The van der Waals surface area contributed by atoms with Gasteiger partial charge in [-0.05, 0) is 44.9 Å². The molecule has 21 heavy (non-hydrogen) atoms. The number of benzene rings is 1. The Bertz CT molecular complexity index is 626. The van der Waals surface area contributed by atoms with Crippen molar-refractivity contribution in [1.82, 2.24) is 5.32 Å². The lowest BCUT2D eigenvalue weighted by Crippen LogP contribution is -2.26. The highest BCUT2D eigenvalue weighted by atomic mass is 16.5. The van der Waals surface area contributed by atoms with Crippen molar-refractivity contribution >= 4 is 5.91 Å². The van der Waals surface area contributed by atoms with Gasteiger partial charge in [0.05, 0.1) is 12.7 Å². The SMILES string of the molecule is COc1ccc(CCNC(=O)c2c(C)oc(C)c2C)cc1. The van der Waals surface area contributed by atoms with Gasteiger partial charge in [0.15, 0.2) is 0 Å². The van der Waals surface area contributed by atoms with Gasteiger partial charge >= 0.3 is 0 Å². The average molecular weight is 287 g/mol. The zero-order valence-corrected chi connectivity index (χ0v) is 12.9. The minimum absolute atomic E-state index is 0.0737. The van der Waals surface area contributed by atoms with Gasteiger partial charge in [-0.2, -0.15) is 0 Å². The Hall–Kier alpha value is -2.23. The minimum Gasteiger partial charge on any atom is -0.497 e. The van der Waals surface area contributed by atoms with Crippen molar-refractivity contribution in [3.05, 3.63) is 52.5 Å². The number of hydrogen-bond acceptors (Lipinski definition) is 3. The molecule has 2 aromatic rings. The highest BCUT2D eigenvalue weighted by Crippen LogP contribution is 2.20. The third-order valence-electron chi connectivity index (χ3n) is 3.65. The van der Waals surface area contributed by atoms with Crippen LogP contribution in [0.15, 0.2) is 28.7 Å². The van der Waals surface area contributed by atoms with Crippen molar-refractivity contribution < 1.29 is 13.9 Å². The quantitative estimate of drug-likeness (QED) is 0.919. The van der Waals surface area contributed by atoms with Crippen LogP contribution in [0, 0.1) is 20.8 Å². The van der Waals surface area contributed by atoms with Gasteiger partial charge in [0.1, 0.15) is 17.3 Å². The molecular formula is C17H21NO3. The van der Waals surface area contributed by atoms with E-state index in [0.717, 1.165) is 29.1 Å². The molecule has 2 rings (SSSR count). The first-order chi connectivity index (χ1) is 10.0. The number of carbonyl (C=O) groups excluding carboxylic acids is 1. The monoisotopic (exact) mass is 287 g/mol. The van der Waals surface area contributed by atoms with Crippen molar-refractivity contribution in [2.75, 3.05) is 13.7 Å². The lowest BCUT2D eigenvalue weighted by Gasteiger charge is -2.06. The summed E-state index contributed by atoms with van der Waals surface area (Å²) < 4.78 is 10.6. The van der Waals surface area contributed by atoms with Crippen LogP contribution in [0.3, 0.4) is 0 Å². The van der Waals surface area contributed by atoms with Crippen molar-refractivity contribution in [3.63, 3.8) is 0 Å². The summed E-state index contributed by atoms with van der Waals surface area (Å²) in [6, 6.07) is 7.85. The number of methoxy groups -OCH3 is 1. The molecule has 0 fully saturated rings. The second-order valence-electron chi connectivity index (χ2n) is 5.07. The summed E-state index contributed by atoms with van der Waals surface area (Å²) in [5.41, 5.74) is 2.73. The van der Waals surface area contributed by atoms with E-state index in [1.165, 1.54) is 0 Å². The third-order valence-corrected chi connectivity index (χ3v) is 3.65. The van der Waals surface area contributed by atoms with Gasteiger partial charge in [-0.1, -0.05) is 12.1 Å². The molecule has 0 aliphatic rings. The topological polar surface area (TPSA) is 51.5 Å². The molecule has 0 radical (unpaired) electrons. The molecule has 0 spiro atoms. The van der Waals surface area contributed by atoms with Crippen molar-refractivity contribution in [2.24, 2.45) is 0 Å². The van der Waals surface area contributed by atoms with E-state index < -0.39 is 0 Å². The molecule has 1 heterocycles. The number of aryl methyl sites for hydroxylation is 2. The number of carbonyl (C=O) groups is 1. The maximum absolute atomic E-state index is 12.2. The number of amides is 1. The molecule has 1 amide bonds. The van der Waals surface area contributed by atoms with Crippen LogP contribution >= 0.6 is 0 Å². The van der Waals surface area contributed by atoms with Gasteiger partial charge in [-0.3, -0.25) is 4.79 Å². The Morgan fingerprint density at radius 1 is 1.14 bits per heavy atom. The van der Waals surface area contributed by atoms with Crippen molar-refractivity contribution in [3.8, 4) is 5.75 Å². The van der Waals surface area contributed by atoms with Crippen LogP contribution in [0.25, 0.3) is 0 Å². The first kappa shape index (κ1) is 15.2. The van der Waals surface area contributed by atoms with Crippen LogP contribution in [0.5, 0.6) is 5.75 Å². The van der Waals surface area contributed by atoms with Crippen molar-refractivity contribution in [2.45, 2.75) is 27.2 Å². The molecule has 0 saturated heterocycles. The molecule has 0 aliphatic heterocycles. The zero-order valence-electron chi connectivity index (χ0n) is 12.9. The molecule has 0 saturated carbocycles. The van der Waals surface area contributed by atoms with Gasteiger partial charge in [0.2, 0.25) is 0 Å². The summed E-state index contributed by atoms with van der Waals surface area (Å²) in [4.78, 5) is 12.2. The molecule has 4 heteroatoms. The van der Waals surface area contributed by atoms with Crippen LogP contribution in [0.1, 0.15) is 33.0 Å². The van der Waals surface area contributed by atoms with Gasteiger partial charge < -0.3 is 14.5 Å². The molecule has 0 atom stereocenters. The highest BCUT2D eigenvalue weighted by molar-refractivity contribution is 5.96. The number of ether oxygens (including phenoxy) is 1. The van der Waals surface area contributed by atoms with Crippen LogP contribution in [0.4, 0.5) is 0 Å². The number of nitrogens with one attached hydrogen (secondary N) is 1. The van der Waals surface area contributed by atoms with Gasteiger partial charge in [0.25, 0.3) is 5.91 Å². The second-order valence-corrected chi connectivity index (χ2v) is 5.07. The molecule has 1 N–H and O–H groups in total. The first-order valence-electron chi connectivity index (χ1n) is 7.00. The number of hydrogen-bond donors (Lipinski definition) is 1. The van der Waals surface area contributed by atoms with E-state index in [1.807, 2.05) is 45.0 Å². The maximum Gasteiger partial charge on any atom is 0.255 e. The zero-order chi connectivity index (χ0) is 15.4. The fourth-order valence-corrected chi connectivity index (χ4v) is 2.33. The second kappa shape index (κ2) is 6.48. The average Bonchev–Trinajstić information content (AvgIpc) is 2.73. The highest BCUT2D eigenvalue weighted by Gasteiger charge is 2.17. The standard InChI is InChI=1S/C17H21NO3/c1-11-12(2)21-13(3)16(11)17(19)18-10-9-14-5-7-15(20-4)8-6-14/h5-8H,9-10H2,1-4H3,(H,18,19). The van der Waals surface area contributed by atoms with Gasteiger partial charge in [0, 0.05) is 12.1 Å². The van der Waals surface area contributed by atoms with E-state index in [2.05, 4.69) is 5.32 Å². The normalized spacial score (nSPS) is 10.5. The van der Waals surface area contributed by atoms with Gasteiger partial charge in [-0.25, -0.2) is 0 Å². The fraction of sp³-hybridized carbons (Fsp3) is 0.353. The van der Waals surface area contributed by atoms with E-state index in [0.29, 0.717) is 17.9 Å². The first-order valence-corrected chi connectivity index (χ1v) is 7.00. The van der Waals surface area contributed by atoms with E-state index in [4.69, 9.17) is 9.15 Å². The summed E-state index contributed by atoms with van der Waals surface area (Å²) in [5.74, 6) is 2.23. The van der Waals surface area contributed by atoms with Crippen LogP contribution in [-0.2, 0) is 6.42 Å². The lowest BCUT2D eigenvalue weighted by molar-refractivity contribution is 0.0952. The smallest absolute Gasteiger partial charge is 0.255 e. The van der Waals surface area contributed by atoms with E-state index >= 15 is 0 Å². The summed E-state index contributed by atoms with van der Waals surface area (Å²) in [7, 11) is 1.65. The van der Waals surface area contributed by atoms with Crippen LogP contribution < -0.4 is 10.1 Å². The Kier molecular flexibility index (Phi) is 4.68. The Morgan fingerprint density at radius 2 is 1.81 bits per heavy atom. The Morgan fingerprint density at radius 3 is 2.33 bits per heavy atom. The predicted octanol–water partition coefficient (Wildman–Crippen LogP) is 3.19. The molecule has 1 aromatic heterocycles. The van der Waals surface area contributed by atoms with Crippen LogP contribution in [0.2, 0.25) is 0 Å². The maximum atomic E-state index is 12.2. The van der Waals surface area contributed by atoms with Crippen molar-refractivity contribution in [1.29, 1.82) is 0 Å². The third kappa shape index (κ3) is 3.45. The number of rotatable bonds is 5. The summed E-state index contributed by atoms with van der Waals surface area (Å²) >= 11 is 0. The minimum atomic E-state index is -0.0737. The molecule has 112 valence electrons. The molecule has 4 nitrogen and oxygen atoms in total. The molecular weight excluding hydrogens is 266 g/mol. The Balaban J connectivity index is 1.92. The molecule has 1 aromatic carbocycles. The fourth-order valence-electron chi connectivity index (χ4n) is 2.33. The lowest BCUT2D eigenvalue weighted by atomic mass is 10.1. The molecule has 0 bridgehead atoms. The summed E-state index contributed by atoms with van der Waals surface area (Å²) in [6.45, 7) is 6.19. The largest absolute Gasteiger partial charge is 0.497 e. The predicted molar refractivity (Wildman–Crippen MR) is 82.0 cm³/mol. The Labute approximate surface area is 125 Å². The van der Waals surface area contributed by atoms with Crippen LogP contribution in [-0.4, -0.2) is 19.6 Å². The summed E-state index contributed by atoms with van der Waals surface area (Å²) in [6.07, 6.45) is 0.782. The van der Waals surface area contributed by atoms with E-state index in [9.17, 15) is 4.79 Å². The summed E-state index contributed by atoms with van der Waals surface area (Å²) in [5, 5.41) is 2.94. The number of furan rings is 1. The molecule has 0 unspecified atom stereocenters.